The van der Waals surface area contributed by atoms with Gasteiger partial charge in [0.2, 0.25) is 11.0 Å². The van der Waals surface area contributed by atoms with Crippen LogP contribution in [0.5, 0.6) is 0 Å². The number of anilines is 2. The van der Waals surface area contributed by atoms with E-state index in [-0.39, 0.29) is 18.3 Å². The van der Waals surface area contributed by atoms with Gasteiger partial charge < -0.3 is 4.90 Å². The fourth-order valence-electron chi connectivity index (χ4n) is 2.58. The molecule has 7 nitrogen and oxygen atoms in total. The van der Waals surface area contributed by atoms with E-state index in [0.717, 1.165) is 6.07 Å². The first-order valence-corrected chi connectivity index (χ1v) is 8.37. The molecule has 0 saturated carbocycles. The van der Waals surface area contributed by atoms with E-state index in [1.165, 1.54) is 29.1 Å². The third kappa shape index (κ3) is 4.42. The Bertz CT molecular complexity index is 716. The lowest BCUT2D eigenvalue weighted by Crippen LogP contribution is -2.49. The molecular formula is C14H15F3N6OS. The van der Waals surface area contributed by atoms with E-state index >= 15 is 0 Å². The molecule has 3 rings (SSSR count). The summed E-state index contributed by atoms with van der Waals surface area (Å²) < 4.78 is 39.3. The topological polar surface area (TPSA) is 74.2 Å². The Hall–Kier alpha value is -2.27. The van der Waals surface area contributed by atoms with Crippen molar-refractivity contribution in [2.45, 2.75) is 6.18 Å². The van der Waals surface area contributed by atoms with Crippen LogP contribution >= 0.6 is 11.3 Å². The minimum absolute atomic E-state index is 0.0621. The molecule has 11 heteroatoms. The molecule has 0 aromatic carbocycles. The maximum atomic E-state index is 13.1. The first kappa shape index (κ1) is 17.5. The molecule has 0 atom stereocenters. The van der Waals surface area contributed by atoms with Gasteiger partial charge in [0.15, 0.2) is 0 Å². The standard InChI is InChI=1S/C14H15F3N6OS/c15-14(16,17)10-2-1-3-18-12(10)23-6-4-22(5-7-23)8-11(24)20-13-21-19-9-25-13/h1-3,9H,4-8H2,(H,20,21,24). The molecule has 0 spiro atoms. The normalized spacial score (nSPS) is 16.0. The molecule has 1 amide bonds. The number of rotatable bonds is 4. The summed E-state index contributed by atoms with van der Waals surface area (Å²) in [5, 5.41) is 10.4. The monoisotopic (exact) mass is 372 g/mol. The van der Waals surface area contributed by atoms with Gasteiger partial charge in [-0.3, -0.25) is 15.0 Å². The fraction of sp³-hybridized carbons (Fsp3) is 0.429. The number of nitrogens with zero attached hydrogens (tertiary/aromatic N) is 5. The molecule has 2 aromatic rings. The number of nitrogens with one attached hydrogen (secondary N) is 1. The third-order valence-electron chi connectivity index (χ3n) is 3.74. The van der Waals surface area contributed by atoms with Gasteiger partial charge in [-0.05, 0) is 12.1 Å². The van der Waals surface area contributed by atoms with E-state index in [9.17, 15) is 18.0 Å². The molecule has 25 heavy (non-hydrogen) atoms. The van der Waals surface area contributed by atoms with Crippen molar-refractivity contribution in [1.29, 1.82) is 0 Å². The fourth-order valence-corrected chi connectivity index (χ4v) is 3.04. The number of hydrogen-bond acceptors (Lipinski definition) is 7. The van der Waals surface area contributed by atoms with Crippen molar-refractivity contribution in [2.75, 3.05) is 42.9 Å². The van der Waals surface area contributed by atoms with Crippen LogP contribution in [0, 0.1) is 0 Å². The van der Waals surface area contributed by atoms with Crippen LogP contribution in [0.15, 0.2) is 23.8 Å². The molecule has 0 radical (unpaired) electrons. The average molecular weight is 372 g/mol. The lowest BCUT2D eigenvalue weighted by molar-refractivity contribution is -0.137. The summed E-state index contributed by atoms with van der Waals surface area (Å²) in [5.74, 6) is -0.285. The van der Waals surface area contributed by atoms with Crippen LogP contribution in [0.2, 0.25) is 0 Å². The Morgan fingerprint density at radius 2 is 2.04 bits per heavy atom. The van der Waals surface area contributed by atoms with Gasteiger partial charge >= 0.3 is 6.18 Å². The van der Waals surface area contributed by atoms with Crippen molar-refractivity contribution in [3.05, 3.63) is 29.4 Å². The van der Waals surface area contributed by atoms with Gasteiger partial charge in [-0.2, -0.15) is 13.2 Å². The molecular weight excluding hydrogens is 357 g/mol. The van der Waals surface area contributed by atoms with Gasteiger partial charge in [0.05, 0.1) is 12.1 Å². The maximum Gasteiger partial charge on any atom is 0.419 e. The highest BCUT2D eigenvalue weighted by atomic mass is 32.1. The van der Waals surface area contributed by atoms with Gasteiger partial charge in [0.25, 0.3) is 0 Å². The number of pyridine rings is 1. The third-order valence-corrected chi connectivity index (χ3v) is 4.34. The van der Waals surface area contributed by atoms with Gasteiger partial charge in [0.1, 0.15) is 11.3 Å². The van der Waals surface area contributed by atoms with E-state index in [4.69, 9.17) is 0 Å². The number of aromatic nitrogens is 3. The number of halogens is 3. The van der Waals surface area contributed by atoms with E-state index in [1.54, 1.807) is 4.90 Å². The minimum Gasteiger partial charge on any atom is -0.354 e. The van der Waals surface area contributed by atoms with Gasteiger partial charge in [-0.25, -0.2) is 4.98 Å². The molecule has 0 aliphatic carbocycles. The molecule has 1 fully saturated rings. The molecule has 1 N–H and O–H groups in total. The van der Waals surface area contributed by atoms with Crippen molar-refractivity contribution < 1.29 is 18.0 Å². The zero-order valence-electron chi connectivity index (χ0n) is 13.0. The van der Waals surface area contributed by atoms with E-state index in [2.05, 4.69) is 20.5 Å². The predicted octanol–water partition coefficient (Wildman–Crippen LogP) is 1.71. The van der Waals surface area contributed by atoms with Crippen molar-refractivity contribution in [3.63, 3.8) is 0 Å². The number of amides is 1. The molecule has 0 bridgehead atoms. The lowest BCUT2D eigenvalue weighted by atomic mass is 10.2. The van der Waals surface area contributed by atoms with E-state index in [1.807, 2.05) is 4.90 Å². The molecule has 1 aliphatic heterocycles. The average Bonchev–Trinajstić information content (AvgIpc) is 3.07. The van der Waals surface area contributed by atoms with Crippen molar-refractivity contribution >= 4 is 28.2 Å². The predicted molar refractivity (Wildman–Crippen MR) is 86.4 cm³/mol. The van der Waals surface area contributed by atoms with E-state index in [0.29, 0.717) is 31.3 Å². The molecule has 1 aliphatic rings. The summed E-state index contributed by atoms with van der Waals surface area (Å²) in [6, 6.07) is 2.31. The quantitative estimate of drug-likeness (QED) is 0.881. The molecule has 134 valence electrons. The summed E-state index contributed by atoms with van der Waals surface area (Å²) in [7, 11) is 0. The van der Waals surface area contributed by atoms with E-state index < -0.39 is 11.7 Å². The minimum atomic E-state index is -4.44. The Morgan fingerprint density at radius 1 is 1.28 bits per heavy atom. The highest BCUT2D eigenvalue weighted by Gasteiger charge is 2.36. The van der Waals surface area contributed by atoms with Crippen LogP contribution in [0.1, 0.15) is 5.56 Å². The van der Waals surface area contributed by atoms with Gasteiger partial charge in [-0.1, -0.05) is 11.3 Å². The van der Waals surface area contributed by atoms with Gasteiger partial charge in [0, 0.05) is 32.4 Å². The number of hydrogen-bond donors (Lipinski definition) is 1. The highest BCUT2D eigenvalue weighted by Crippen LogP contribution is 2.35. The Labute approximate surface area is 145 Å². The number of carbonyl (C=O) groups excluding carboxylic acids is 1. The zero-order chi connectivity index (χ0) is 17.9. The molecule has 3 heterocycles. The summed E-state index contributed by atoms with van der Waals surface area (Å²) >= 11 is 1.22. The second-order valence-electron chi connectivity index (χ2n) is 5.43. The number of piperazine rings is 1. The van der Waals surface area contributed by atoms with Crippen molar-refractivity contribution in [2.24, 2.45) is 0 Å². The van der Waals surface area contributed by atoms with Crippen LogP contribution in [0.3, 0.4) is 0 Å². The van der Waals surface area contributed by atoms with Crippen molar-refractivity contribution in [1.82, 2.24) is 20.1 Å². The second-order valence-corrected chi connectivity index (χ2v) is 6.26. The second kappa shape index (κ2) is 7.31. The number of alkyl halides is 3. The lowest BCUT2D eigenvalue weighted by Gasteiger charge is -2.35. The Kier molecular flexibility index (Phi) is 5.13. The SMILES string of the molecule is O=C(CN1CCN(c2ncccc2C(F)(F)F)CC1)Nc1nncs1. The van der Waals surface area contributed by atoms with Crippen LogP contribution in [0.4, 0.5) is 24.1 Å². The number of carbonyl (C=O) groups is 1. The van der Waals surface area contributed by atoms with Crippen molar-refractivity contribution in [3.8, 4) is 0 Å². The Balaban J connectivity index is 1.56. The zero-order valence-corrected chi connectivity index (χ0v) is 13.8. The summed E-state index contributed by atoms with van der Waals surface area (Å²) in [6.45, 7) is 1.83. The van der Waals surface area contributed by atoms with Crippen LogP contribution in [-0.2, 0) is 11.0 Å². The Morgan fingerprint density at radius 3 is 2.68 bits per heavy atom. The summed E-state index contributed by atoms with van der Waals surface area (Å²) in [6.07, 6.45) is -3.09. The first-order valence-electron chi connectivity index (χ1n) is 7.49. The van der Waals surface area contributed by atoms with Crippen LogP contribution in [-0.4, -0.2) is 58.7 Å². The maximum absolute atomic E-state index is 13.1. The molecule has 1 saturated heterocycles. The smallest absolute Gasteiger partial charge is 0.354 e. The largest absolute Gasteiger partial charge is 0.419 e. The summed E-state index contributed by atoms with van der Waals surface area (Å²) in [4.78, 5) is 19.3. The first-order chi connectivity index (χ1) is 11.9. The molecule has 2 aromatic heterocycles. The van der Waals surface area contributed by atoms with Gasteiger partial charge in [-0.15, -0.1) is 10.2 Å². The highest BCUT2D eigenvalue weighted by molar-refractivity contribution is 7.13. The van der Waals surface area contributed by atoms with Crippen LogP contribution < -0.4 is 10.2 Å². The summed E-state index contributed by atoms with van der Waals surface area (Å²) in [5.41, 5.74) is 0.775. The molecule has 0 unspecified atom stereocenters. The van der Waals surface area contributed by atoms with Crippen LogP contribution in [0.25, 0.3) is 0 Å².